The second-order valence-electron chi connectivity index (χ2n) is 3.04. The van der Waals surface area contributed by atoms with E-state index >= 15 is 0 Å². The summed E-state index contributed by atoms with van der Waals surface area (Å²) in [5, 5.41) is 0. The summed E-state index contributed by atoms with van der Waals surface area (Å²) in [7, 11) is 0. The molecule has 0 bridgehead atoms. The molecular weight excluding hydrogens is 208 g/mol. The van der Waals surface area contributed by atoms with Gasteiger partial charge in [-0.25, -0.2) is 4.98 Å². The van der Waals surface area contributed by atoms with Gasteiger partial charge in [0.05, 0.1) is 11.0 Å². The SMILES string of the molecule is NC=CCSc1ccc2nc(N)[nH]c2c1. The van der Waals surface area contributed by atoms with Gasteiger partial charge in [-0.15, -0.1) is 11.8 Å². The highest BCUT2D eigenvalue weighted by atomic mass is 32.2. The molecule has 15 heavy (non-hydrogen) atoms. The van der Waals surface area contributed by atoms with E-state index in [0.717, 1.165) is 16.8 Å². The Labute approximate surface area is 91.7 Å². The lowest BCUT2D eigenvalue weighted by atomic mass is 10.3. The maximum atomic E-state index is 5.56. The summed E-state index contributed by atoms with van der Waals surface area (Å²) < 4.78 is 0. The van der Waals surface area contributed by atoms with E-state index in [1.807, 2.05) is 24.3 Å². The Morgan fingerprint density at radius 3 is 3.13 bits per heavy atom. The first kappa shape index (κ1) is 9.92. The van der Waals surface area contributed by atoms with Gasteiger partial charge in [0.1, 0.15) is 0 Å². The van der Waals surface area contributed by atoms with Crippen molar-refractivity contribution in [2.45, 2.75) is 4.90 Å². The van der Waals surface area contributed by atoms with Crippen LogP contribution in [-0.4, -0.2) is 15.7 Å². The molecule has 0 unspecified atom stereocenters. The predicted molar refractivity (Wildman–Crippen MR) is 64.6 cm³/mol. The van der Waals surface area contributed by atoms with Crippen LogP contribution in [0.3, 0.4) is 0 Å². The first-order chi connectivity index (χ1) is 7.29. The summed E-state index contributed by atoms with van der Waals surface area (Å²) in [5.74, 6) is 1.32. The summed E-state index contributed by atoms with van der Waals surface area (Å²) in [6, 6.07) is 6.02. The van der Waals surface area contributed by atoms with Gasteiger partial charge in [-0.1, -0.05) is 6.08 Å². The minimum Gasteiger partial charge on any atom is -0.405 e. The molecule has 0 fully saturated rings. The molecule has 5 N–H and O–H groups in total. The number of nitrogens with two attached hydrogens (primary N) is 2. The van der Waals surface area contributed by atoms with E-state index in [-0.39, 0.29) is 0 Å². The highest BCUT2D eigenvalue weighted by Crippen LogP contribution is 2.22. The topological polar surface area (TPSA) is 80.7 Å². The predicted octanol–water partition coefficient (Wildman–Crippen LogP) is 1.71. The van der Waals surface area contributed by atoms with E-state index in [2.05, 4.69) is 9.97 Å². The van der Waals surface area contributed by atoms with Crippen molar-refractivity contribution in [3.05, 3.63) is 30.5 Å². The van der Waals surface area contributed by atoms with Crippen molar-refractivity contribution in [1.82, 2.24) is 9.97 Å². The number of aromatic nitrogens is 2. The van der Waals surface area contributed by atoms with Gasteiger partial charge < -0.3 is 16.5 Å². The molecule has 0 radical (unpaired) electrons. The van der Waals surface area contributed by atoms with E-state index in [1.165, 1.54) is 4.90 Å². The fourth-order valence-corrected chi connectivity index (χ4v) is 2.06. The molecular formula is C10H12N4S. The number of aromatic amines is 1. The molecule has 0 saturated heterocycles. The Balaban J connectivity index is 2.22. The Morgan fingerprint density at radius 1 is 1.47 bits per heavy atom. The van der Waals surface area contributed by atoms with Crippen LogP contribution in [0.25, 0.3) is 11.0 Å². The largest absolute Gasteiger partial charge is 0.405 e. The zero-order valence-corrected chi connectivity index (χ0v) is 8.92. The lowest BCUT2D eigenvalue weighted by Gasteiger charge is -1.97. The smallest absolute Gasteiger partial charge is 0.198 e. The lowest BCUT2D eigenvalue weighted by Crippen LogP contribution is -1.84. The molecule has 1 heterocycles. The quantitative estimate of drug-likeness (QED) is 0.688. The van der Waals surface area contributed by atoms with Gasteiger partial charge in [0.25, 0.3) is 0 Å². The number of hydrogen-bond donors (Lipinski definition) is 3. The molecule has 0 aliphatic heterocycles. The van der Waals surface area contributed by atoms with Crippen LogP contribution in [0.1, 0.15) is 0 Å². The first-order valence-corrected chi connectivity index (χ1v) is 5.53. The number of anilines is 1. The first-order valence-electron chi connectivity index (χ1n) is 4.54. The third kappa shape index (κ3) is 2.24. The standard InChI is InChI=1S/C10H12N4S/c11-4-1-5-15-7-2-3-8-9(6-7)14-10(12)13-8/h1-4,6H,5,11H2,(H3,12,13,14). The van der Waals surface area contributed by atoms with E-state index in [0.29, 0.717) is 5.95 Å². The molecule has 2 aromatic rings. The molecule has 2 rings (SSSR count). The van der Waals surface area contributed by atoms with Crippen molar-refractivity contribution in [2.75, 3.05) is 11.5 Å². The van der Waals surface area contributed by atoms with Gasteiger partial charge in [-0.2, -0.15) is 0 Å². The number of benzene rings is 1. The van der Waals surface area contributed by atoms with Crippen LogP contribution in [0.4, 0.5) is 5.95 Å². The lowest BCUT2D eigenvalue weighted by molar-refractivity contribution is 1.35. The summed E-state index contributed by atoms with van der Waals surface area (Å²) in [6.45, 7) is 0. The Morgan fingerprint density at radius 2 is 2.33 bits per heavy atom. The second-order valence-corrected chi connectivity index (χ2v) is 4.13. The highest BCUT2D eigenvalue weighted by molar-refractivity contribution is 7.99. The van der Waals surface area contributed by atoms with Gasteiger partial charge in [0.2, 0.25) is 0 Å². The number of imidazole rings is 1. The van der Waals surface area contributed by atoms with Crippen molar-refractivity contribution >= 4 is 28.7 Å². The zero-order chi connectivity index (χ0) is 10.7. The number of nitrogens with one attached hydrogen (secondary N) is 1. The molecule has 0 aliphatic carbocycles. The summed E-state index contributed by atoms with van der Waals surface area (Å²) >= 11 is 1.71. The molecule has 0 aliphatic rings. The average Bonchev–Trinajstić information content (AvgIpc) is 2.57. The fraction of sp³-hybridized carbons (Fsp3) is 0.100. The van der Waals surface area contributed by atoms with Gasteiger partial charge in [0, 0.05) is 10.6 Å². The number of H-pyrrole nitrogens is 1. The number of thioether (sulfide) groups is 1. The van der Waals surface area contributed by atoms with E-state index < -0.39 is 0 Å². The van der Waals surface area contributed by atoms with Gasteiger partial charge in [-0.05, 0) is 24.4 Å². The van der Waals surface area contributed by atoms with Crippen molar-refractivity contribution in [1.29, 1.82) is 0 Å². The summed E-state index contributed by atoms with van der Waals surface area (Å²) in [6.07, 6.45) is 3.47. The Kier molecular flexibility index (Phi) is 2.82. The average molecular weight is 220 g/mol. The van der Waals surface area contributed by atoms with E-state index in [1.54, 1.807) is 18.0 Å². The molecule has 0 spiro atoms. The van der Waals surface area contributed by atoms with Crippen molar-refractivity contribution < 1.29 is 0 Å². The fourth-order valence-electron chi connectivity index (χ4n) is 1.30. The van der Waals surface area contributed by atoms with Gasteiger partial charge in [-0.3, -0.25) is 0 Å². The maximum absolute atomic E-state index is 5.56. The minimum absolute atomic E-state index is 0.453. The zero-order valence-electron chi connectivity index (χ0n) is 8.10. The molecule has 1 aromatic carbocycles. The van der Waals surface area contributed by atoms with Crippen LogP contribution in [0, 0.1) is 0 Å². The van der Waals surface area contributed by atoms with Crippen molar-refractivity contribution in [3.8, 4) is 0 Å². The van der Waals surface area contributed by atoms with E-state index in [4.69, 9.17) is 11.5 Å². The Bertz CT molecular complexity index is 489. The number of nitrogen functional groups attached to an aromatic ring is 1. The minimum atomic E-state index is 0.453. The van der Waals surface area contributed by atoms with E-state index in [9.17, 15) is 0 Å². The number of fused-ring (bicyclic) bond motifs is 1. The second kappa shape index (κ2) is 4.27. The van der Waals surface area contributed by atoms with Crippen molar-refractivity contribution in [3.63, 3.8) is 0 Å². The number of nitrogens with zero attached hydrogens (tertiary/aromatic N) is 1. The molecule has 1 aromatic heterocycles. The molecule has 5 heteroatoms. The normalized spacial score (nSPS) is 11.5. The third-order valence-corrected chi connectivity index (χ3v) is 2.90. The molecule has 0 amide bonds. The molecule has 0 atom stereocenters. The van der Waals surface area contributed by atoms with Gasteiger partial charge >= 0.3 is 0 Å². The third-order valence-electron chi connectivity index (χ3n) is 1.95. The van der Waals surface area contributed by atoms with Crippen molar-refractivity contribution in [2.24, 2.45) is 5.73 Å². The highest BCUT2D eigenvalue weighted by Gasteiger charge is 2.00. The summed E-state index contributed by atoms with van der Waals surface area (Å²) in [4.78, 5) is 8.30. The van der Waals surface area contributed by atoms with Crippen LogP contribution in [-0.2, 0) is 0 Å². The van der Waals surface area contributed by atoms with Crippen LogP contribution in [0.15, 0.2) is 35.4 Å². The van der Waals surface area contributed by atoms with Crippen LogP contribution in [0.5, 0.6) is 0 Å². The van der Waals surface area contributed by atoms with Gasteiger partial charge in [0.15, 0.2) is 5.95 Å². The van der Waals surface area contributed by atoms with Crippen LogP contribution >= 0.6 is 11.8 Å². The molecule has 0 saturated carbocycles. The maximum Gasteiger partial charge on any atom is 0.198 e. The number of hydrogen-bond acceptors (Lipinski definition) is 4. The monoisotopic (exact) mass is 220 g/mol. The van der Waals surface area contributed by atoms with Crippen LogP contribution in [0.2, 0.25) is 0 Å². The molecule has 78 valence electrons. The molecule has 4 nitrogen and oxygen atoms in total. The Hall–Kier alpha value is -1.62. The number of rotatable bonds is 3. The van der Waals surface area contributed by atoms with Crippen LogP contribution < -0.4 is 11.5 Å². The summed E-state index contributed by atoms with van der Waals surface area (Å²) in [5.41, 5.74) is 12.7.